The molecular formula is C11H14F3N3. The second-order valence-electron chi connectivity index (χ2n) is 3.43. The molecular weight excluding hydrogens is 231 g/mol. The molecule has 0 amide bonds. The molecule has 0 atom stereocenters. The van der Waals surface area contributed by atoms with Crippen LogP contribution in [-0.4, -0.2) is 18.4 Å². The number of para-hydroxylation sites is 1. The summed E-state index contributed by atoms with van der Waals surface area (Å²) in [5, 5.41) is 3.39. The van der Waals surface area contributed by atoms with Gasteiger partial charge in [0.2, 0.25) is 0 Å². The van der Waals surface area contributed by atoms with Crippen molar-refractivity contribution in [2.45, 2.75) is 19.0 Å². The van der Waals surface area contributed by atoms with Crippen LogP contribution in [0.3, 0.4) is 0 Å². The van der Waals surface area contributed by atoms with Crippen LogP contribution in [-0.2, 0) is 0 Å². The molecule has 0 saturated heterocycles. The van der Waals surface area contributed by atoms with Gasteiger partial charge in [0.25, 0.3) is 0 Å². The Morgan fingerprint density at radius 2 is 1.88 bits per heavy atom. The van der Waals surface area contributed by atoms with Crippen LogP contribution in [0.2, 0.25) is 0 Å². The van der Waals surface area contributed by atoms with E-state index in [0.29, 0.717) is 5.69 Å². The van der Waals surface area contributed by atoms with E-state index in [2.05, 4.69) is 10.5 Å². The largest absolute Gasteiger partial charge is 0.431 e. The average molecular weight is 245 g/mol. The molecule has 1 aromatic rings. The predicted molar refractivity (Wildman–Crippen MR) is 61.8 cm³/mol. The number of benzene rings is 1. The Balaban J connectivity index is 2.70. The van der Waals surface area contributed by atoms with Crippen molar-refractivity contribution in [3.8, 4) is 0 Å². The van der Waals surface area contributed by atoms with Crippen LogP contribution in [0, 0.1) is 0 Å². The van der Waals surface area contributed by atoms with E-state index in [0.717, 1.165) is 0 Å². The molecule has 0 heterocycles. The van der Waals surface area contributed by atoms with Gasteiger partial charge >= 0.3 is 6.18 Å². The minimum atomic E-state index is -4.42. The summed E-state index contributed by atoms with van der Waals surface area (Å²) in [6.07, 6.45) is -4.34. The number of hydrogen-bond donors (Lipinski definition) is 2. The number of hydrazone groups is 1. The molecule has 3 N–H and O–H groups in total. The smallest absolute Gasteiger partial charge is 0.330 e. The lowest BCUT2D eigenvalue weighted by molar-refractivity contribution is -0.0606. The number of alkyl halides is 3. The predicted octanol–water partition coefficient (Wildman–Crippen LogP) is 2.76. The number of nitrogens with zero attached hydrogens (tertiary/aromatic N) is 1. The summed E-state index contributed by atoms with van der Waals surface area (Å²) >= 11 is 0. The van der Waals surface area contributed by atoms with Crippen molar-refractivity contribution in [3.05, 3.63) is 30.3 Å². The summed E-state index contributed by atoms with van der Waals surface area (Å²) in [5.41, 5.74) is 7.25. The third-order valence-electron chi connectivity index (χ3n) is 2.04. The van der Waals surface area contributed by atoms with Crippen molar-refractivity contribution in [2.24, 2.45) is 10.8 Å². The first-order valence-electron chi connectivity index (χ1n) is 5.19. The highest BCUT2D eigenvalue weighted by atomic mass is 19.4. The summed E-state index contributed by atoms with van der Waals surface area (Å²) in [4.78, 5) is 0. The summed E-state index contributed by atoms with van der Waals surface area (Å²) in [6, 6.07) is 8.48. The maximum Gasteiger partial charge on any atom is 0.431 e. The molecule has 94 valence electrons. The number of anilines is 1. The fourth-order valence-electron chi connectivity index (χ4n) is 1.18. The number of hydrogen-bond acceptors (Lipinski definition) is 3. The molecule has 0 radical (unpaired) electrons. The van der Waals surface area contributed by atoms with Gasteiger partial charge in [-0.3, -0.25) is 5.43 Å². The van der Waals surface area contributed by atoms with Crippen LogP contribution in [0.25, 0.3) is 0 Å². The molecule has 0 spiro atoms. The quantitative estimate of drug-likeness (QED) is 0.619. The Bertz CT molecular complexity index is 360. The first kappa shape index (κ1) is 13.5. The van der Waals surface area contributed by atoms with Crippen LogP contribution >= 0.6 is 0 Å². The normalized spacial score (nSPS) is 12.6. The fourth-order valence-corrected chi connectivity index (χ4v) is 1.18. The molecule has 0 fully saturated rings. The zero-order valence-electron chi connectivity index (χ0n) is 9.17. The van der Waals surface area contributed by atoms with Crippen LogP contribution in [0.4, 0.5) is 18.9 Å². The SMILES string of the molecule is NCCC/C(=N\Nc1ccccc1)C(F)(F)F. The van der Waals surface area contributed by atoms with Gasteiger partial charge in [0.05, 0.1) is 5.69 Å². The van der Waals surface area contributed by atoms with E-state index in [9.17, 15) is 13.2 Å². The summed E-state index contributed by atoms with van der Waals surface area (Å²) in [7, 11) is 0. The van der Waals surface area contributed by atoms with Gasteiger partial charge in [0.1, 0.15) is 5.71 Å². The molecule has 3 nitrogen and oxygen atoms in total. The molecule has 1 rings (SSSR count). The van der Waals surface area contributed by atoms with E-state index >= 15 is 0 Å². The highest BCUT2D eigenvalue weighted by molar-refractivity contribution is 5.90. The summed E-state index contributed by atoms with van der Waals surface area (Å²) < 4.78 is 37.6. The van der Waals surface area contributed by atoms with Crippen molar-refractivity contribution in [3.63, 3.8) is 0 Å². The zero-order valence-corrected chi connectivity index (χ0v) is 9.17. The van der Waals surface area contributed by atoms with E-state index in [1.807, 2.05) is 0 Å². The molecule has 0 aliphatic carbocycles. The molecule has 0 aliphatic rings. The van der Waals surface area contributed by atoms with Crippen LogP contribution in [0.5, 0.6) is 0 Å². The van der Waals surface area contributed by atoms with E-state index in [-0.39, 0.29) is 19.4 Å². The molecule has 0 bridgehead atoms. The second kappa shape index (κ2) is 6.24. The van der Waals surface area contributed by atoms with Gasteiger partial charge in [-0.05, 0) is 31.5 Å². The lowest BCUT2D eigenvalue weighted by Crippen LogP contribution is -2.25. The Morgan fingerprint density at radius 3 is 2.41 bits per heavy atom. The number of halogens is 3. The molecule has 0 saturated carbocycles. The molecule has 0 aromatic heterocycles. The monoisotopic (exact) mass is 245 g/mol. The Labute approximate surface area is 97.5 Å². The molecule has 0 aliphatic heterocycles. The van der Waals surface area contributed by atoms with Gasteiger partial charge in [-0.1, -0.05) is 18.2 Å². The molecule has 6 heteroatoms. The second-order valence-corrected chi connectivity index (χ2v) is 3.43. The molecule has 0 unspecified atom stereocenters. The lowest BCUT2D eigenvalue weighted by atomic mass is 10.2. The van der Waals surface area contributed by atoms with Gasteiger partial charge in [-0.2, -0.15) is 18.3 Å². The maximum atomic E-state index is 12.5. The van der Waals surface area contributed by atoms with Gasteiger partial charge < -0.3 is 5.73 Å². The Hall–Kier alpha value is -1.56. The topological polar surface area (TPSA) is 50.4 Å². The minimum absolute atomic E-state index is 0.181. The Morgan fingerprint density at radius 1 is 1.24 bits per heavy atom. The zero-order chi connectivity index (χ0) is 12.7. The van der Waals surface area contributed by atoms with E-state index < -0.39 is 11.9 Å². The highest BCUT2D eigenvalue weighted by Crippen LogP contribution is 2.20. The van der Waals surface area contributed by atoms with Gasteiger partial charge in [-0.15, -0.1) is 0 Å². The maximum absolute atomic E-state index is 12.5. The van der Waals surface area contributed by atoms with Crippen molar-refractivity contribution in [1.82, 2.24) is 0 Å². The van der Waals surface area contributed by atoms with Gasteiger partial charge in [-0.25, -0.2) is 0 Å². The standard InChI is InChI=1S/C11H14F3N3/c12-11(13,14)10(7-4-8-15)17-16-9-5-2-1-3-6-9/h1-3,5-6,16H,4,7-8,15H2/b17-10+. The number of nitrogens with two attached hydrogens (primary N) is 1. The van der Waals surface area contributed by atoms with E-state index in [1.165, 1.54) is 0 Å². The third kappa shape index (κ3) is 4.86. The summed E-state index contributed by atoms with van der Waals surface area (Å²) in [6.45, 7) is 0.209. The van der Waals surface area contributed by atoms with Crippen molar-refractivity contribution in [1.29, 1.82) is 0 Å². The minimum Gasteiger partial charge on any atom is -0.330 e. The lowest BCUT2D eigenvalue weighted by Gasteiger charge is -2.10. The molecule has 1 aromatic carbocycles. The fraction of sp³-hybridized carbons (Fsp3) is 0.364. The van der Waals surface area contributed by atoms with Crippen LogP contribution in [0.1, 0.15) is 12.8 Å². The first-order chi connectivity index (χ1) is 8.04. The van der Waals surface area contributed by atoms with E-state index in [1.54, 1.807) is 30.3 Å². The molecule has 17 heavy (non-hydrogen) atoms. The van der Waals surface area contributed by atoms with E-state index in [4.69, 9.17) is 5.73 Å². The number of rotatable bonds is 5. The van der Waals surface area contributed by atoms with Gasteiger partial charge in [0.15, 0.2) is 0 Å². The van der Waals surface area contributed by atoms with Crippen molar-refractivity contribution >= 4 is 11.4 Å². The average Bonchev–Trinajstić information content (AvgIpc) is 2.29. The van der Waals surface area contributed by atoms with Gasteiger partial charge in [0, 0.05) is 0 Å². The number of nitrogens with one attached hydrogen (secondary N) is 1. The van der Waals surface area contributed by atoms with Crippen LogP contribution in [0.15, 0.2) is 35.4 Å². The third-order valence-corrected chi connectivity index (χ3v) is 2.04. The first-order valence-corrected chi connectivity index (χ1v) is 5.19. The summed E-state index contributed by atoms with van der Waals surface area (Å²) in [5.74, 6) is 0. The van der Waals surface area contributed by atoms with Crippen molar-refractivity contribution in [2.75, 3.05) is 12.0 Å². The highest BCUT2D eigenvalue weighted by Gasteiger charge is 2.35. The van der Waals surface area contributed by atoms with Crippen LogP contribution < -0.4 is 11.2 Å². The Kier molecular flexibility index (Phi) is 4.96. The van der Waals surface area contributed by atoms with Crippen molar-refractivity contribution < 1.29 is 13.2 Å².